The third-order valence-electron chi connectivity index (χ3n) is 1.42. The molecule has 0 spiro atoms. The van der Waals surface area contributed by atoms with Gasteiger partial charge in [0.2, 0.25) is 0 Å². The van der Waals surface area contributed by atoms with Crippen molar-refractivity contribution in [1.29, 1.82) is 0 Å². The van der Waals surface area contributed by atoms with Crippen LogP contribution in [0.5, 0.6) is 0 Å². The van der Waals surface area contributed by atoms with Gasteiger partial charge < -0.3 is 4.74 Å². The molecule has 0 bridgehead atoms. The Morgan fingerprint density at radius 3 is 3.22 bits per heavy atom. The second-order valence-corrected chi connectivity index (χ2v) is 2.17. The van der Waals surface area contributed by atoms with Crippen molar-refractivity contribution in [3.8, 4) is 0 Å². The fourth-order valence-electron chi connectivity index (χ4n) is 0.969. The third kappa shape index (κ3) is 2.14. The molecule has 0 aliphatic carbocycles. The molecule has 1 unspecified atom stereocenters. The molecule has 0 radical (unpaired) electrons. The zero-order chi connectivity index (χ0) is 6.53. The van der Waals surface area contributed by atoms with Gasteiger partial charge in [-0.05, 0) is 26.2 Å². The molecular weight excluding hydrogens is 114 g/mol. The number of nitrogens with zero attached hydrogens (tertiary/aromatic N) is 1. The lowest BCUT2D eigenvalue weighted by Crippen LogP contribution is -2.13. The molecule has 0 saturated heterocycles. The molecule has 0 aromatic rings. The van der Waals surface area contributed by atoms with E-state index in [-0.39, 0.29) is 6.23 Å². The monoisotopic (exact) mass is 127 g/mol. The summed E-state index contributed by atoms with van der Waals surface area (Å²) in [6, 6.07) is 0. The Morgan fingerprint density at radius 2 is 2.67 bits per heavy atom. The van der Waals surface area contributed by atoms with Gasteiger partial charge in [-0.25, -0.2) is 0 Å². The lowest BCUT2D eigenvalue weighted by molar-refractivity contribution is 0.0599. The van der Waals surface area contributed by atoms with E-state index in [1.165, 1.54) is 6.42 Å². The maximum Gasteiger partial charge on any atom is 0.147 e. The van der Waals surface area contributed by atoms with Gasteiger partial charge in [0.1, 0.15) is 6.23 Å². The number of rotatable bonds is 2. The fraction of sp³-hybridized carbons (Fsp3) is 0.857. The first-order chi connectivity index (χ1) is 4.43. The normalized spacial score (nSPS) is 26.6. The summed E-state index contributed by atoms with van der Waals surface area (Å²) in [7, 11) is 0. The van der Waals surface area contributed by atoms with Crippen LogP contribution >= 0.6 is 0 Å². The lowest BCUT2D eigenvalue weighted by atomic mass is 10.2. The Hall–Kier alpha value is -0.370. The molecule has 1 rings (SSSR count). The first-order valence-electron chi connectivity index (χ1n) is 3.56. The molecule has 0 N–H and O–H groups in total. The van der Waals surface area contributed by atoms with Gasteiger partial charge in [0.15, 0.2) is 0 Å². The van der Waals surface area contributed by atoms with Crippen LogP contribution < -0.4 is 0 Å². The quantitative estimate of drug-likeness (QED) is 0.552. The molecule has 52 valence electrons. The second-order valence-electron chi connectivity index (χ2n) is 2.17. The van der Waals surface area contributed by atoms with Crippen molar-refractivity contribution in [3.05, 3.63) is 0 Å². The lowest BCUT2D eigenvalue weighted by Gasteiger charge is -2.14. The minimum atomic E-state index is 0.170. The Morgan fingerprint density at radius 1 is 1.78 bits per heavy atom. The standard InChI is InChI=1S/C7H13NO/c1-2-9-7-5-3-4-6-8-7/h6-7H,2-5H2,1H3. The van der Waals surface area contributed by atoms with Crippen LogP contribution in [0.1, 0.15) is 26.2 Å². The molecule has 9 heavy (non-hydrogen) atoms. The van der Waals surface area contributed by atoms with Gasteiger partial charge in [-0.1, -0.05) is 0 Å². The van der Waals surface area contributed by atoms with E-state index in [4.69, 9.17) is 4.74 Å². The first kappa shape index (κ1) is 6.75. The number of hydrogen-bond donors (Lipinski definition) is 0. The van der Waals surface area contributed by atoms with E-state index in [1.807, 2.05) is 13.1 Å². The highest BCUT2D eigenvalue weighted by molar-refractivity contribution is 5.57. The molecule has 0 aromatic carbocycles. The molecule has 1 aliphatic rings. The Kier molecular flexibility index (Phi) is 2.71. The van der Waals surface area contributed by atoms with Crippen molar-refractivity contribution >= 4 is 6.21 Å². The van der Waals surface area contributed by atoms with Gasteiger partial charge in [0, 0.05) is 12.8 Å². The molecule has 0 fully saturated rings. The van der Waals surface area contributed by atoms with Crippen LogP contribution in [-0.4, -0.2) is 19.0 Å². The van der Waals surface area contributed by atoms with E-state index in [0.717, 1.165) is 19.4 Å². The molecule has 0 aromatic heterocycles. The van der Waals surface area contributed by atoms with Gasteiger partial charge >= 0.3 is 0 Å². The Labute approximate surface area is 55.9 Å². The van der Waals surface area contributed by atoms with Crippen molar-refractivity contribution in [2.45, 2.75) is 32.4 Å². The van der Waals surface area contributed by atoms with Gasteiger partial charge in [0.05, 0.1) is 0 Å². The van der Waals surface area contributed by atoms with Crippen LogP contribution in [-0.2, 0) is 4.74 Å². The van der Waals surface area contributed by atoms with E-state index >= 15 is 0 Å². The van der Waals surface area contributed by atoms with Crippen molar-refractivity contribution in [1.82, 2.24) is 0 Å². The predicted octanol–water partition coefficient (Wildman–Crippen LogP) is 1.60. The summed E-state index contributed by atoms with van der Waals surface area (Å²) in [5.74, 6) is 0. The summed E-state index contributed by atoms with van der Waals surface area (Å²) in [5.41, 5.74) is 0. The molecule has 0 amide bonds. The van der Waals surface area contributed by atoms with Gasteiger partial charge in [0.25, 0.3) is 0 Å². The molecular formula is C7H13NO. The minimum Gasteiger partial charge on any atom is -0.357 e. The van der Waals surface area contributed by atoms with Crippen LogP contribution in [0.3, 0.4) is 0 Å². The number of aliphatic imine (C=N–C) groups is 1. The predicted molar refractivity (Wildman–Crippen MR) is 37.8 cm³/mol. The molecule has 2 heteroatoms. The van der Waals surface area contributed by atoms with Gasteiger partial charge in [-0.2, -0.15) is 0 Å². The van der Waals surface area contributed by atoms with E-state index in [0.29, 0.717) is 0 Å². The summed E-state index contributed by atoms with van der Waals surface area (Å²) < 4.78 is 5.28. The molecule has 2 nitrogen and oxygen atoms in total. The van der Waals surface area contributed by atoms with Crippen LogP contribution in [0.2, 0.25) is 0 Å². The average molecular weight is 127 g/mol. The highest BCUT2D eigenvalue weighted by atomic mass is 16.5. The van der Waals surface area contributed by atoms with Gasteiger partial charge in [-0.3, -0.25) is 4.99 Å². The Balaban J connectivity index is 2.23. The first-order valence-corrected chi connectivity index (χ1v) is 3.56. The van der Waals surface area contributed by atoms with Crippen LogP contribution in [0.15, 0.2) is 4.99 Å². The number of ether oxygens (including phenoxy) is 1. The summed E-state index contributed by atoms with van der Waals surface area (Å²) in [6.45, 7) is 2.78. The van der Waals surface area contributed by atoms with Crippen molar-refractivity contribution in [3.63, 3.8) is 0 Å². The van der Waals surface area contributed by atoms with E-state index < -0.39 is 0 Å². The fourth-order valence-corrected chi connectivity index (χ4v) is 0.969. The Bertz CT molecular complexity index is 101. The van der Waals surface area contributed by atoms with Crippen molar-refractivity contribution in [2.24, 2.45) is 4.99 Å². The molecule has 1 heterocycles. The molecule has 1 aliphatic heterocycles. The largest absolute Gasteiger partial charge is 0.357 e. The minimum absolute atomic E-state index is 0.170. The maximum atomic E-state index is 5.28. The third-order valence-corrected chi connectivity index (χ3v) is 1.42. The summed E-state index contributed by atoms with van der Waals surface area (Å²) in [5, 5.41) is 0. The zero-order valence-corrected chi connectivity index (χ0v) is 5.84. The zero-order valence-electron chi connectivity index (χ0n) is 5.84. The van der Waals surface area contributed by atoms with Crippen molar-refractivity contribution in [2.75, 3.05) is 6.61 Å². The molecule has 1 atom stereocenters. The van der Waals surface area contributed by atoms with Crippen LogP contribution in [0.4, 0.5) is 0 Å². The summed E-state index contributed by atoms with van der Waals surface area (Å²) in [6.07, 6.45) is 5.59. The van der Waals surface area contributed by atoms with Crippen LogP contribution in [0.25, 0.3) is 0 Å². The number of hydrogen-bond acceptors (Lipinski definition) is 2. The maximum absolute atomic E-state index is 5.28. The summed E-state index contributed by atoms with van der Waals surface area (Å²) in [4.78, 5) is 4.17. The van der Waals surface area contributed by atoms with Crippen molar-refractivity contribution < 1.29 is 4.74 Å². The van der Waals surface area contributed by atoms with E-state index in [2.05, 4.69) is 4.99 Å². The topological polar surface area (TPSA) is 21.6 Å². The van der Waals surface area contributed by atoms with E-state index in [1.54, 1.807) is 0 Å². The van der Waals surface area contributed by atoms with E-state index in [9.17, 15) is 0 Å². The van der Waals surface area contributed by atoms with Gasteiger partial charge in [-0.15, -0.1) is 0 Å². The SMILES string of the molecule is CCOC1CCCC=N1. The second kappa shape index (κ2) is 3.62. The smallest absolute Gasteiger partial charge is 0.147 e. The average Bonchev–Trinajstić information content (AvgIpc) is 1.91. The van der Waals surface area contributed by atoms with Crippen LogP contribution in [0, 0.1) is 0 Å². The molecule has 0 saturated carbocycles. The summed E-state index contributed by atoms with van der Waals surface area (Å²) >= 11 is 0. The highest BCUT2D eigenvalue weighted by Gasteiger charge is 2.06. The highest BCUT2D eigenvalue weighted by Crippen LogP contribution is 2.09.